The van der Waals surface area contributed by atoms with Crippen molar-refractivity contribution in [2.75, 3.05) is 6.26 Å². The van der Waals surface area contributed by atoms with E-state index >= 15 is 0 Å². The summed E-state index contributed by atoms with van der Waals surface area (Å²) in [5.41, 5.74) is 10.8. The summed E-state index contributed by atoms with van der Waals surface area (Å²) in [5.74, 6) is 0.689. The van der Waals surface area contributed by atoms with Crippen molar-refractivity contribution in [1.82, 2.24) is 19.5 Å². The number of halogens is 2. The van der Waals surface area contributed by atoms with Gasteiger partial charge in [0.25, 0.3) is 0 Å². The minimum absolute atomic E-state index is 0. The maximum absolute atomic E-state index is 8.24. The minimum Gasteiger partial charge on any atom is -0.480 e. The first-order valence-electron chi connectivity index (χ1n) is 8.65. The molecule has 0 spiro atoms. The molecule has 0 atom stereocenters. The smallest absolute Gasteiger partial charge is 0.480 e. The second-order valence-electron chi connectivity index (χ2n) is 5.46. The van der Waals surface area contributed by atoms with Crippen LogP contribution in [0.3, 0.4) is 0 Å². The van der Waals surface area contributed by atoms with Crippen LogP contribution >= 0.6 is 35.0 Å². The second-order valence-corrected chi connectivity index (χ2v) is 7.08. The molecule has 5 nitrogen and oxygen atoms in total. The summed E-state index contributed by atoms with van der Waals surface area (Å²) < 4.78 is 1.88. The number of nitrogens with one attached hydrogen (secondary N) is 1. The monoisotopic (exact) mass is 702 g/mol. The first kappa shape index (κ1) is 28.2. The quantitative estimate of drug-likeness (QED) is 0.237. The molecule has 2 aromatic carbocycles. The minimum atomic E-state index is 0. The molecule has 0 saturated heterocycles. The van der Waals surface area contributed by atoms with Crippen molar-refractivity contribution in [2.24, 2.45) is 0 Å². The van der Waals surface area contributed by atoms with E-state index < -0.39 is 0 Å². The van der Waals surface area contributed by atoms with Crippen molar-refractivity contribution in [3.63, 3.8) is 0 Å². The van der Waals surface area contributed by atoms with Crippen LogP contribution in [0.4, 0.5) is 5.82 Å². The molecule has 0 unspecified atom stereocenters. The maximum atomic E-state index is 8.24. The molecule has 10 heteroatoms. The van der Waals surface area contributed by atoms with Gasteiger partial charge in [-0.25, -0.2) is 9.97 Å². The van der Waals surface area contributed by atoms with Gasteiger partial charge in [-0.3, -0.25) is 4.57 Å². The Bertz CT molecular complexity index is 1120. The van der Waals surface area contributed by atoms with E-state index in [0.29, 0.717) is 32.2 Å². The molecule has 2 heterocycles. The van der Waals surface area contributed by atoms with E-state index in [1.807, 2.05) is 61.1 Å². The molecule has 30 heavy (non-hydrogen) atoms. The standard InChI is InChI=1S/C18H12Cl2N5S.C2H6.Rb.Re/c1-26-18-23-15(21)14-17(24-18)25(11-8-6-10(19)7-9-11)16(22-14)12-4-2-3-5-13(12)20;1-2;;/h2-9H,1H3,(H-,21,23,24);1-2H3;;/q-1;;+1;. The van der Waals surface area contributed by atoms with Crippen LogP contribution < -0.4 is 58.2 Å². The van der Waals surface area contributed by atoms with Crippen molar-refractivity contribution in [1.29, 1.82) is 0 Å². The molecule has 4 aromatic rings. The number of hydrogen-bond donors (Lipinski definition) is 0. The van der Waals surface area contributed by atoms with Crippen LogP contribution in [0.2, 0.25) is 10.0 Å². The summed E-state index contributed by atoms with van der Waals surface area (Å²) in [6, 6.07) is 14.8. The molecule has 0 aliphatic carbocycles. The predicted octanol–water partition coefficient (Wildman–Crippen LogP) is 4.22. The molecular weight excluding hydrogens is 685 g/mol. The number of imidazole rings is 1. The van der Waals surface area contributed by atoms with E-state index in [1.54, 1.807) is 12.1 Å². The third-order valence-electron chi connectivity index (χ3n) is 3.87. The van der Waals surface area contributed by atoms with Crippen LogP contribution in [0.25, 0.3) is 34.0 Å². The van der Waals surface area contributed by atoms with E-state index in [-0.39, 0.29) is 84.4 Å². The van der Waals surface area contributed by atoms with Crippen LogP contribution in [0.5, 0.6) is 0 Å². The van der Waals surface area contributed by atoms with Gasteiger partial charge in [0, 0.05) is 36.7 Å². The molecule has 0 fully saturated rings. The van der Waals surface area contributed by atoms with Crippen LogP contribution in [-0.4, -0.2) is 25.8 Å². The topological polar surface area (TPSA) is 67.4 Å². The van der Waals surface area contributed by atoms with Gasteiger partial charge in [0.2, 0.25) is 0 Å². The summed E-state index contributed by atoms with van der Waals surface area (Å²) in [6.07, 6.45) is 1.87. The third kappa shape index (κ3) is 5.95. The van der Waals surface area contributed by atoms with E-state index in [0.717, 1.165) is 11.3 Å². The molecule has 1 radical (unpaired) electrons. The summed E-state index contributed by atoms with van der Waals surface area (Å²) in [7, 11) is 0. The average molecular weight is 703 g/mol. The van der Waals surface area contributed by atoms with Crippen LogP contribution in [-0.2, 0) is 20.4 Å². The Morgan fingerprint density at radius 2 is 1.57 bits per heavy atom. The SMILES string of the molecule is CC.CSc1nc([NH-])c2nc(-c3ccccc3Cl)n(-c3ccc(Cl)cc3)c2n1.[Rb+].[Re]. The van der Waals surface area contributed by atoms with E-state index in [9.17, 15) is 0 Å². The van der Waals surface area contributed by atoms with E-state index in [2.05, 4.69) is 15.0 Å². The first-order valence-corrected chi connectivity index (χ1v) is 10.6. The zero-order chi connectivity index (χ0) is 20.3. The Labute approximate surface area is 253 Å². The zero-order valence-corrected chi connectivity index (χ0v) is 26.9. The Hall–Kier alpha value is 0.188. The largest absolute Gasteiger partial charge is 1.00 e. The van der Waals surface area contributed by atoms with Gasteiger partial charge >= 0.3 is 58.2 Å². The van der Waals surface area contributed by atoms with Gasteiger partial charge < -0.3 is 10.7 Å². The average Bonchev–Trinajstić information content (AvgIpc) is 3.10. The van der Waals surface area contributed by atoms with Gasteiger partial charge in [-0.1, -0.05) is 49.2 Å². The number of rotatable bonds is 3. The molecule has 0 amide bonds. The van der Waals surface area contributed by atoms with Gasteiger partial charge in [0.1, 0.15) is 11.3 Å². The van der Waals surface area contributed by atoms with Crippen LogP contribution in [0, 0.1) is 0 Å². The number of aromatic nitrogens is 4. The van der Waals surface area contributed by atoms with Gasteiger partial charge in [-0.2, -0.15) is 0 Å². The molecule has 1 N–H and O–H groups in total. The van der Waals surface area contributed by atoms with Crippen LogP contribution in [0.1, 0.15) is 13.8 Å². The molecule has 151 valence electrons. The third-order valence-corrected chi connectivity index (χ3v) is 5.00. The molecule has 0 aliphatic heterocycles. The van der Waals surface area contributed by atoms with Crippen LogP contribution in [0.15, 0.2) is 53.7 Å². The first-order chi connectivity index (χ1) is 13.6. The fourth-order valence-electron chi connectivity index (χ4n) is 2.69. The Morgan fingerprint density at radius 1 is 0.933 bits per heavy atom. The van der Waals surface area contributed by atoms with Gasteiger partial charge in [0.05, 0.1) is 10.2 Å². The molecule has 4 rings (SSSR count). The molecule has 0 aliphatic rings. The van der Waals surface area contributed by atoms with Crippen molar-refractivity contribution in [3.8, 4) is 17.1 Å². The number of nitrogens with zero attached hydrogens (tertiary/aromatic N) is 4. The summed E-state index contributed by atoms with van der Waals surface area (Å²) in [6.45, 7) is 4.00. The Balaban J connectivity index is 0.00000109. The number of fused-ring (bicyclic) bond motifs is 1. The van der Waals surface area contributed by atoms with Gasteiger partial charge in [0.15, 0.2) is 5.65 Å². The Morgan fingerprint density at radius 3 is 2.17 bits per heavy atom. The number of benzene rings is 2. The maximum Gasteiger partial charge on any atom is 1.00 e. The van der Waals surface area contributed by atoms with Crippen molar-refractivity contribution in [2.45, 2.75) is 19.0 Å². The summed E-state index contributed by atoms with van der Waals surface area (Å²) >= 11 is 13.8. The van der Waals surface area contributed by atoms with Gasteiger partial charge in [-0.15, -0.1) is 11.8 Å². The number of thioether (sulfide) groups is 1. The van der Waals surface area contributed by atoms with Crippen molar-refractivity contribution < 1.29 is 78.6 Å². The van der Waals surface area contributed by atoms with Crippen molar-refractivity contribution in [3.05, 3.63) is 64.3 Å². The molecular formula is C20H18Cl2N5RbReS. The second kappa shape index (κ2) is 13.0. The predicted molar refractivity (Wildman–Crippen MR) is 119 cm³/mol. The molecule has 0 saturated carbocycles. The summed E-state index contributed by atoms with van der Waals surface area (Å²) in [5, 5.41) is 1.73. The fourth-order valence-corrected chi connectivity index (χ4v) is 3.39. The zero-order valence-electron chi connectivity index (χ0n) is 16.9. The van der Waals surface area contributed by atoms with E-state index in [1.165, 1.54) is 11.8 Å². The number of hydrogen-bond acceptors (Lipinski definition) is 4. The molecule has 0 bridgehead atoms. The van der Waals surface area contributed by atoms with E-state index in [4.69, 9.17) is 28.9 Å². The van der Waals surface area contributed by atoms with Gasteiger partial charge in [-0.05, 0) is 48.5 Å². The summed E-state index contributed by atoms with van der Waals surface area (Å²) in [4.78, 5) is 13.4. The molecule has 2 aromatic heterocycles. The van der Waals surface area contributed by atoms with Crippen molar-refractivity contribution >= 4 is 51.9 Å². The normalized spacial score (nSPS) is 9.90. The Kier molecular flexibility index (Phi) is 12.3. The fraction of sp³-hybridized carbons (Fsp3) is 0.150.